The summed E-state index contributed by atoms with van der Waals surface area (Å²) in [5.41, 5.74) is 2.92. The molecule has 0 N–H and O–H groups in total. The number of aryl methyl sites for hydroxylation is 1. The number of rotatable bonds is 11. The van der Waals surface area contributed by atoms with Crippen LogP contribution in [0.1, 0.15) is 41.1 Å². The van der Waals surface area contributed by atoms with Crippen molar-refractivity contribution in [2.75, 3.05) is 26.2 Å². The van der Waals surface area contributed by atoms with E-state index in [9.17, 15) is 4.79 Å². The summed E-state index contributed by atoms with van der Waals surface area (Å²) in [6, 6.07) is 23.9. The summed E-state index contributed by atoms with van der Waals surface area (Å²) in [6.07, 6.45) is 3.01. The average molecular weight is 472 g/mol. The number of furan rings is 1. The fourth-order valence-corrected chi connectivity index (χ4v) is 4.45. The van der Waals surface area contributed by atoms with E-state index in [1.165, 1.54) is 5.56 Å². The van der Waals surface area contributed by atoms with Crippen molar-refractivity contribution >= 4 is 5.91 Å². The van der Waals surface area contributed by atoms with E-state index in [1.54, 1.807) is 0 Å². The first-order valence-corrected chi connectivity index (χ1v) is 12.3. The van der Waals surface area contributed by atoms with Gasteiger partial charge in [-0.1, -0.05) is 42.5 Å². The Morgan fingerprint density at radius 2 is 1.83 bits per heavy atom. The second-order valence-electron chi connectivity index (χ2n) is 9.18. The third kappa shape index (κ3) is 7.54. The monoisotopic (exact) mass is 471 g/mol. The standard InChI is InChI=1S/C29H33N3O3/c1-23-9-14-28(35-23)21-32(16-15-24-6-3-2-4-7-24)29(33)22-31(20-27-8-5-17-34-27)19-26-12-10-25(18-30)11-13-26/h2-4,6-7,9-14,27H,5,8,15-17,19-22H2,1H3. The van der Waals surface area contributed by atoms with Crippen LogP contribution in [-0.2, 0) is 29.0 Å². The zero-order valence-corrected chi connectivity index (χ0v) is 20.4. The van der Waals surface area contributed by atoms with E-state index in [-0.39, 0.29) is 12.0 Å². The summed E-state index contributed by atoms with van der Waals surface area (Å²) in [5, 5.41) is 9.10. The number of ether oxygens (including phenoxy) is 1. The lowest BCUT2D eigenvalue weighted by molar-refractivity contribution is -0.133. The second-order valence-corrected chi connectivity index (χ2v) is 9.18. The minimum Gasteiger partial charge on any atom is -0.464 e. The molecular weight excluding hydrogens is 438 g/mol. The van der Waals surface area contributed by atoms with Gasteiger partial charge in [0.1, 0.15) is 11.5 Å². The van der Waals surface area contributed by atoms with E-state index < -0.39 is 0 Å². The van der Waals surface area contributed by atoms with Crippen molar-refractivity contribution in [2.45, 2.75) is 45.4 Å². The van der Waals surface area contributed by atoms with E-state index in [0.717, 1.165) is 43.0 Å². The SMILES string of the molecule is Cc1ccc(CN(CCc2ccccc2)C(=O)CN(Cc2ccc(C#N)cc2)CC2CCCO2)o1. The smallest absolute Gasteiger partial charge is 0.237 e. The Bertz CT molecular complexity index is 1110. The molecule has 0 saturated carbocycles. The molecule has 0 bridgehead atoms. The third-order valence-electron chi connectivity index (χ3n) is 6.34. The van der Waals surface area contributed by atoms with Crippen LogP contribution >= 0.6 is 0 Å². The number of carbonyl (C=O) groups excluding carboxylic acids is 1. The molecule has 1 atom stereocenters. The Morgan fingerprint density at radius 3 is 2.49 bits per heavy atom. The van der Waals surface area contributed by atoms with Gasteiger partial charge < -0.3 is 14.1 Å². The van der Waals surface area contributed by atoms with E-state index in [4.69, 9.17) is 14.4 Å². The molecule has 6 nitrogen and oxygen atoms in total. The van der Waals surface area contributed by atoms with Crippen LogP contribution in [0.25, 0.3) is 0 Å². The minimum absolute atomic E-state index is 0.0710. The maximum atomic E-state index is 13.6. The molecule has 2 aromatic carbocycles. The van der Waals surface area contributed by atoms with Gasteiger partial charge in [0.2, 0.25) is 5.91 Å². The van der Waals surface area contributed by atoms with Gasteiger partial charge in [-0.15, -0.1) is 0 Å². The Balaban J connectivity index is 1.47. The fraction of sp³-hybridized carbons (Fsp3) is 0.379. The molecule has 1 saturated heterocycles. The van der Waals surface area contributed by atoms with Crippen LogP contribution in [0.15, 0.2) is 71.1 Å². The number of hydrogen-bond acceptors (Lipinski definition) is 5. The van der Waals surface area contributed by atoms with Gasteiger partial charge in [0.15, 0.2) is 0 Å². The quantitative estimate of drug-likeness (QED) is 0.405. The molecule has 0 radical (unpaired) electrons. The van der Waals surface area contributed by atoms with Crippen molar-refractivity contribution < 1.29 is 13.9 Å². The Labute approximate surface area is 207 Å². The van der Waals surface area contributed by atoms with E-state index in [0.29, 0.717) is 38.3 Å². The second kappa shape index (κ2) is 12.3. The highest BCUT2D eigenvalue weighted by Crippen LogP contribution is 2.17. The van der Waals surface area contributed by atoms with Gasteiger partial charge in [0.25, 0.3) is 0 Å². The number of nitrogens with zero attached hydrogens (tertiary/aromatic N) is 3. The van der Waals surface area contributed by atoms with Crippen molar-refractivity contribution in [1.82, 2.24) is 9.80 Å². The van der Waals surface area contributed by atoms with Crippen molar-refractivity contribution in [1.29, 1.82) is 5.26 Å². The molecule has 35 heavy (non-hydrogen) atoms. The molecule has 182 valence electrons. The number of nitriles is 1. The average Bonchev–Trinajstić information content (AvgIpc) is 3.54. The molecule has 0 spiro atoms. The van der Waals surface area contributed by atoms with E-state index in [2.05, 4.69) is 23.1 Å². The maximum absolute atomic E-state index is 13.6. The highest BCUT2D eigenvalue weighted by molar-refractivity contribution is 5.78. The van der Waals surface area contributed by atoms with Crippen LogP contribution in [0.5, 0.6) is 0 Å². The van der Waals surface area contributed by atoms with Crippen LogP contribution < -0.4 is 0 Å². The van der Waals surface area contributed by atoms with E-state index in [1.807, 2.05) is 66.4 Å². The molecule has 6 heteroatoms. The van der Waals surface area contributed by atoms with Crippen molar-refractivity contribution in [3.8, 4) is 6.07 Å². The van der Waals surface area contributed by atoms with Gasteiger partial charge in [0, 0.05) is 26.2 Å². The molecule has 1 unspecified atom stereocenters. The molecule has 3 aromatic rings. The summed E-state index contributed by atoms with van der Waals surface area (Å²) in [5.74, 6) is 1.71. The predicted octanol–water partition coefficient (Wildman–Crippen LogP) is 4.71. The summed E-state index contributed by atoms with van der Waals surface area (Å²) in [4.78, 5) is 17.7. The summed E-state index contributed by atoms with van der Waals surface area (Å²) in [7, 11) is 0. The molecule has 0 aliphatic carbocycles. The summed E-state index contributed by atoms with van der Waals surface area (Å²) >= 11 is 0. The topological polar surface area (TPSA) is 69.7 Å². The number of hydrogen-bond donors (Lipinski definition) is 0. The zero-order valence-electron chi connectivity index (χ0n) is 20.4. The maximum Gasteiger partial charge on any atom is 0.237 e. The lowest BCUT2D eigenvalue weighted by atomic mass is 10.1. The Morgan fingerprint density at radius 1 is 1.03 bits per heavy atom. The summed E-state index contributed by atoms with van der Waals surface area (Å²) in [6.45, 7) is 5.40. The number of carbonyl (C=O) groups is 1. The zero-order chi connectivity index (χ0) is 24.5. The third-order valence-corrected chi connectivity index (χ3v) is 6.34. The van der Waals surface area contributed by atoms with Crippen molar-refractivity contribution in [2.24, 2.45) is 0 Å². The fourth-order valence-electron chi connectivity index (χ4n) is 4.45. The first kappa shape index (κ1) is 24.7. The van der Waals surface area contributed by atoms with Gasteiger partial charge in [0.05, 0.1) is 30.8 Å². The van der Waals surface area contributed by atoms with Crippen LogP contribution in [0.2, 0.25) is 0 Å². The van der Waals surface area contributed by atoms with Gasteiger partial charge in [-0.2, -0.15) is 5.26 Å². The molecule has 4 rings (SSSR count). The Hall–Kier alpha value is -3.40. The molecule has 1 amide bonds. The van der Waals surface area contributed by atoms with Crippen LogP contribution in [0, 0.1) is 18.3 Å². The van der Waals surface area contributed by atoms with Gasteiger partial charge in [-0.05, 0) is 61.6 Å². The largest absolute Gasteiger partial charge is 0.464 e. The molecule has 1 aliphatic rings. The minimum atomic E-state index is 0.0710. The van der Waals surface area contributed by atoms with Gasteiger partial charge in [-0.3, -0.25) is 9.69 Å². The van der Waals surface area contributed by atoms with Crippen molar-refractivity contribution in [3.63, 3.8) is 0 Å². The highest BCUT2D eigenvalue weighted by Gasteiger charge is 2.24. The van der Waals surface area contributed by atoms with Crippen LogP contribution in [0.4, 0.5) is 0 Å². The molecular formula is C29H33N3O3. The molecule has 1 aliphatic heterocycles. The Kier molecular flexibility index (Phi) is 8.72. The number of amides is 1. The lowest BCUT2D eigenvalue weighted by Crippen LogP contribution is -2.43. The first-order valence-electron chi connectivity index (χ1n) is 12.3. The molecule has 1 aromatic heterocycles. The van der Waals surface area contributed by atoms with E-state index >= 15 is 0 Å². The molecule has 1 fully saturated rings. The van der Waals surface area contributed by atoms with Gasteiger partial charge in [-0.25, -0.2) is 0 Å². The van der Waals surface area contributed by atoms with Crippen LogP contribution in [-0.4, -0.2) is 48.1 Å². The van der Waals surface area contributed by atoms with Gasteiger partial charge >= 0.3 is 0 Å². The molecule has 2 heterocycles. The lowest BCUT2D eigenvalue weighted by Gasteiger charge is -2.29. The summed E-state index contributed by atoms with van der Waals surface area (Å²) < 4.78 is 11.7. The first-order chi connectivity index (χ1) is 17.1. The normalized spacial score (nSPS) is 15.3. The van der Waals surface area contributed by atoms with Crippen molar-refractivity contribution in [3.05, 3.63) is 94.9 Å². The highest BCUT2D eigenvalue weighted by atomic mass is 16.5. The predicted molar refractivity (Wildman–Crippen MR) is 134 cm³/mol. The number of benzene rings is 2. The van der Waals surface area contributed by atoms with Crippen LogP contribution in [0.3, 0.4) is 0 Å².